The first-order chi connectivity index (χ1) is 3.83. The maximum atomic E-state index is 8.38. The van der Waals surface area contributed by atoms with Crippen molar-refractivity contribution in [3.63, 3.8) is 0 Å². The molecule has 0 saturated carbocycles. The van der Waals surface area contributed by atoms with Crippen molar-refractivity contribution in [2.24, 2.45) is 11.8 Å². The summed E-state index contributed by atoms with van der Waals surface area (Å²) in [5.74, 6) is 0.824. The summed E-state index contributed by atoms with van der Waals surface area (Å²) < 4.78 is 0. The van der Waals surface area contributed by atoms with Crippen LogP contribution in [0, 0.1) is 23.2 Å². The Morgan fingerprint density at radius 3 is 2.62 bits per heavy atom. The maximum absolute atomic E-state index is 8.38. The Morgan fingerprint density at radius 2 is 2.38 bits per heavy atom. The lowest BCUT2D eigenvalue weighted by Crippen LogP contribution is -1.89. The van der Waals surface area contributed by atoms with Gasteiger partial charge in [-0.15, -0.1) is 0 Å². The molecule has 1 aliphatic carbocycles. The molecule has 0 aromatic heterocycles. The van der Waals surface area contributed by atoms with Crippen LogP contribution in [-0.4, -0.2) is 0 Å². The minimum absolute atomic E-state index is 0.199. The zero-order chi connectivity index (χ0) is 5.98. The highest BCUT2D eigenvalue weighted by atomic mass is 14.3. The van der Waals surface area contributed by atoms with Crippen molar-refractivity contribution in [2.75, 3.05) is 0 Å². The molecule has 42 valence electrons. The van der Waals surface area contributed by atoms with Crippen molar-refractivity contribution in [3.8, 4) is 6.07 Å². The molecular formula is C7H9N. The van der Waals surface area contributed by atoms with Gasteiger partial charge in [0.05, 0.1) is 12.0 Å². The van der Waals surface area contributed by atoms with E-state index in [0.29, 0.717) is 5.92 Å². The van der Waals surface area contributed by atoms with Crippen molar-refractivity contribution in [1.82, 2.24) is 0 Å². The van der Waals surface area contributed by atoms with Gasteiger partial charge in [-0.25, -0.2) is 0 Å². The molecule has 0 radical (unpaired) electrons. The van der Waals surface area contributed by atoms with Crippen molar-refractivity contribution >= 4 is 0 Å². The van der Waals surface area contributed by atoms with E-state index in [0.717, 1.165) is 6.42 Å². The lowest BCUT2D eigenvalue weighted by atomic mass is 10.1. The first kappa shape index (κ1) is 5.37. The van der Waals surface area contributed by atoms with Gasteiger partial charge in [-0.1, -0.05) is 19.1 Å². The zero-order valence-electron chi connectivity index (χ0n) is 4.96. The first-order valence-corrected chi connectivity index (χ1v) is 2.91. The van der Waals surface area contributed by atoms with E-state index < -0.39 is 0 Å². The number of nitrogens with zero attached hydrogens (tertiary/aromatic N) is 1. The molecule has 0 spiro atoms. The third kappa shape index (κ3) is 0.894. The molecule has 0 heterocycles. The van der Waals surface area contributed by atoms with E-state index >= 15 is 0 Å². The average Bonchev–Trinajstić information content (AvgIpc) is 2.14. The Balaban J connectivity index is 2.49. The molecule has 2 atom stereocenters. The van der Waals surface area contributed by atoms with E-state index in [1.165, 1.54) is 0 Å². The van der Waals surface area contributed by atoms with Gasteiger partial charge < -0.3 is 0 Å². The standard InChI is InChI=1S/C7H9N/c1-6-2-3-7(4-6)5-8/h2-3,6-7H,4H2,1H3/t6-,7?/m0/s1. The molecule has 0 amide bonds. The molecule has 0 aromatic carbocycles. The number of allylic oxidation sites excluding steroid dienone is 2. The number of hydrogen-bond acceptors (Lipinski definition) is 1. The van der Waals surface area contributed by atoms with Crippen molar-refractivity contribution < 1.29 is 0 Å². The Labute approximate surface area is 49.6 Å². The van der Waals surface area contributed by atoms with Gasteiger partial charge in [0.25, 0.3) is 0 Å². The van der Waals surface area contributed by atoms with Gasteiger partial charge in [0.2, 0.25) is 0 Å². The van der Waals surface area contributed by atoms with Crippen molar-refractivity contribution in [2.45, 2.75) is 13.3 Å². The van der Waals surface area contributed by atoms with E-state index in [2.05, 4.69) is 19.1 Å². The summed E-state index contributed by atoms with van der Waals surface area (Å²) in [6, 6.07) is 2.21. The summed E-state index contributed by atoms with van der Waals surface area (Å²) in [6.07, 6.45) is 5.12. The normalized spacial score (nSPS) is 35.0. The van der Waals surface area contributed by atoms with Crippen LogP contribution in [0.5, 0.6) is 0 Å². The van der Waals surface area contributed by atoms with Crippen LogP contribution in [-0.2, 0) is 0 Å². The van der Waals surface area contributed by atoms with Crippen molar-refractivity contribution in [3.05, 3.63) is 12.2 Å². The molecule has 1 aliphatic rings. The summed E-state index contributed by atoms with van der Waals surface area (Å²) in [4.78, 5) is 0. The summed E-state index contributed by atoms with van der Waals surface area (Å²) in [7, 11) is 0. The highest BCUT2D eigenvalue weighted by molar-refractivity contribution is 5.08. The minimum atomic E-state index is 0.199. The van der Waals surface area contributed by atoms with Crippen LogP contribution >= 0.6 is 0 Å². The first-order valence-electron chi connectivity index (χ1n) is 2.91. The number of nitriles is 1. The van der Waals surface area contributed by atoms with Crippen LogP contribution in [0.15, 0.2) is 12.2 Å². The van der Waals surface area contributed by atoms with Gasteiger partial charge >= 0.3 is 0 Å². The molecule has 1 rings (SSSR count). The topological polar surface area (TPSA) is 23.8 Å². The quantitative estimate of drug-likeness (QED) is 0.432. The summed E-state index contributed by atoms with van der Waals surface area (Å²) in [5.41, 5.74) is 0. The highest BCUT2D eigenvalue weighted by Gasteiger charge is 2.12. The average molecular weight is 107 g/mol. The fourth-order valence-electron chi connectivity index (χ4n) is 0.977. The lowest BCUT2D eigenvalue weighted by molar-refractivity contribution is 0.636. The molecule has 1 unspecified atom stereocenters. The van der Waals surface area contributed by atoms with E-state index in [1.807, 2.05) is 6.08 Å². The lowest BCUT2D eigenvalue weighted by Gasteiger charge is -1.95. The van der Waals surface area contributed by atoms with Crippen LogP contribution in [0.3, 0.4) is 0 Å². The van der Waals surface area contributed by atoms with Crippen LogP contribution in [0.25, 0.3) is 0 Å². The predicted octanol–water partition coefficient (Wildman–Crippen LogP) is 1.72. The fraction of sp³-hybridized carbons (Fsp3) is 0.571. The fourth-order valence-corrected chi connectivity index (χ4v) is 0.977. The van der Waals surface area contributed by atoms with Gasteiger partial charge in [-0.05, 0) is 12.3 Å². The van der Waals surface area contributed by atoms with Gasteiger partial charge in [-0.2, -0.15) is 5.26 Å². The second-order valence-electron chi connectivity index (χ2n) is 2.33. The third-order valence-corrected chi connectivity index (χ3v) is 1.46. The molecule has 1 nitrogen and oxygen atoms in total. The number of rotatable bonds is 0. The van der Waals surface area contributed by atoms with Crippen LogP contribution < -0.4 is 0 Å². The largest absolute Gasteiger partial charge is 0.198 e. The van der Waals surface area contributed by atoms with Crippen LogP contribution in [0.4, 0.5) is 0 Å². The van der Waals surface area contributed by atoms with E-state index in [-0.39, 0.29) is 5.92 Å². The predicted molar refractivity (Wildman–Crippen MR) is 32.0 cm³/mol. The Kier molecular flexibility index (Phi) is 1.34. The Hall–Kier alpha value is -0.770. The second kappa shape index (κ2) is 2.00. The van der Waals surface area contributed by atoms with E-state index in [4.69, 9.17) is 5.26 Å². The molecule has 0 saturated heterocycles. The van der Waals surface area contributed by atoms with Gasteiger partial charge in [0.1, 0.15) is 0 Å². The van der Waals surface area contributed by atoms with Gasteiger partial charge in [0.15, 0.2) is 0 Å². The Bertz CT molecular complexity index is 141. The van der Waals surface area contributed by atoms with E-state index in [1.54, 1.807) is 0 Å². The smallest absolute Gasteiger partial charge is 0.0697 e. The second-order valence-corrected chi connectivity index (χ2v) is 2.33. The summed E-state index contributed by atoms with van der Waals surface area (Å²) in [5, 5.41) is 8.38. The highest BCUT2D eigenvalue weighted by Crippen LogP contribution is 2.21. The molecule has 8 heavy (non-hydrogen) atoms. The van der Waals surface area contributed by atoms with Gasteiger partial charge in [-0.3, -0.25) is 0 Å². The monoisotopic (exact) mass is 107 g/mol. The zero-order valence-corrected chi connectivity index (χ0v) is 4.96. The summed E-state index contributed by atoms with van der Waals surface area (Å²) >= 11 is 0. The molecule has 0 aliphatic heterocycles. The van der Waals surface area contributed by atoms with E-state index in [9.17, 15) is 0 Å². The molecule has 0 aromatic rings. The van der Waals surface area contributed by atoms with Gasteiger partial charge in [0, 0.05) is 0 Å². The number of hydrogen-bond donors (Lipinski definition) is 0. The van der Waals surface area contributed by atoms with Crippen LogP contribution in [0.1, 0.15) is 13.3 Å². The molecule has 1 heteroatoms. The van der Waals surface area contributed by atoms with Crippen molar-refractivity contribution in [1.29, 1.82) is 5.26 Å². The van der Waals surface area contributed by atoms with Crippen LogP contribution in [0.2, 0.25) is 0 Å². The SMILES string of the molecule is C[C@H]1C=CC(C#N)C1. The molecule has 0 bridgehead atoms. The maximum Gasteiger partial charge on any atom is 0.0697 e. The third-order valence-electron chi connectivity index (χ3n) is 1.46. The molecule has 0 N–H and O–H groups in total. The molecule has 0 fully saturated rings. The summed E-state index contributed by atoms with van der Waals surface area (Å²) in [6.45, 7) is 2.13. The Morgan fingerprint density at radius 1 is 1.62 bits per heavy atom. The molecular weight excluding hydrogens is 98.1 g/mol. The minimum Gasteiger partial charge on any atom is -0.198 e.